The molecule has 0 aliphatic rings. The summed E-state index contributed by atoms with van der Waals surface area (Å²) in [6.07, 6.45) is 3.01. The van der Waals surface area contributed by atoms with Crippen LogP contribution in [-0.4, -0.2) is 21.6 Å². The average molecular weight is 397 g/mol. The van der Waals surface area contributed by atoms with Crippen molar-refractivity contribution in [2.45, 2.75) is 33.1 Å². The largest absolute Gasteiger partial charge is 0.508 e. The first kappa shape index (κ1) is 16.0. The number of phenols is 1. The van der Waals surface area contributed by atoms with Crippen LogP contribution in [-0.2, 0) is 6.42 Å². The smallest absolute Gasteiger partial charge is 0.161 e. The van der Waals surface area contributed by atoms with Crippen molar-refractivity contribution in [3.8, 4) is 17.1 Å². The van der Waals surface area contributed by atoms with Gasteiger partial charge in [0.1, 0.15) is 11.6 Å². The van der Waals surface area contributed by atoms with E-state index in [-0.39, 0.29) is 5.75 Å². The van der Waals surface area contributed by atoms with Gasteiger partial charge in [0.2, 0.25) is 0 Å². The maximum atomic E-state index is 9.64. The van der Waals surface area contributed by atoms with E-state index in [1.165, 1.54) is 0 Å². The second kappa shape index (κ2) is 7.59. The molecular formula is C16H20IN3O. The molecule has 0 spiro atoms. The van der Waals surface area contributed by atoms with Gasteiger partial charge in [-0.1, -0.05) is 32.4 Å². The lowest BCUT2D eigenvalue weighted by Gasteiger charge is -2.12. The molecule has 0 aliphatic heterocycles. The molecule has 0 saturated carbocycles. The summed E-state index contributed by atoms with van der Waals surface area (Å²) in [7, 11) is 0. The van der Waals surface area contributed by atoms with E-state index in [1.807, 2.05) is 12.1 Å². The van der Waals surface area contributed by atoms with E-state index in [0.717, 1.165) is 46.5 Å². The Morgan fingerprint density at radius 1 is 1.19 bits per heavy atom. The lowest BCUT2D eigenvalue weighted by atomic mass is 10.2. The molecule has 2 aromatic rings. The second-order valence-electron chi connectivity index (χ2n) is 4.88. The molecule has 1 heterocycles. The Labute approximate surface area is 139 Å². The number of hydrogen-bond acceptors (Lipinski definition) is 4. The van der Waals surface area contributed by atoms with E-state index >= 15 is 0 Å². The Morgan fingerprint density at radius 2 is 2.00 bits per heavy atom. The van der Waals surface area contributed by atoms with Crippen molar-refractivity contribution in [1.82, 2.24) is 9.97 Å². The Morgan fingerprint density at radius 3 is 2.67 bits per heavy atom. The number of phenolic OH excluding ortho intramolecular Hbond substituents is 1. The van der Waals surface area contributed by atoms with Gasteiger partial charge in [0, 0.05) is 12.1 Å². The highest BCUT2D eigenvalue weighted by molar-refractivity contribution is 14.1. The minimum Gasteiger partial charge on any atom is -0.508 e. The number of aryl methyl sites for hydroxylation is 1. The summed E-state index contributed by atoms with van der Waals surface area (Å²) in [5, 5.41) is 13.0. The predicted molar refractivity (Wildman–Crippen MR) is 94.6 cm³/mol. The number of hydrogen-bond donors (Lipinski definition) is 2. The Bertz CT molecular complexity index is 616. The lowest BCUT2D eigenvalue weighted by molar-refractivity contribution is 0.475. The zero-order valence-electron chi connectivity index (χ0n) is 12.4. The molecule has 0 fully saturated rings. The van der Waals surface area contributed by atoms with Gasteiger partial charge in [-0.2, -0.15) is 0 Å². The highest BCUT2D eigenvalue weighted by Crippen LogP contribution is 2.26. The van der Waals surface area contributed by atoms with Crippen LogP contribution >= 0.6 is 22.6 Å². The van der Waals surface area contributed by atoms with E-state index in [4.69, 9.17) is 0 Å². The molecule has 2 rings (SSSR count). The van der Waals surface area contributed by atoms with E-state index in [1.54, 1.807) is 12.1 Å². The van der Waals surface area contributed by atoms with Crippen LogP contribution in [0.4, 0.5) is 5.82 Å². The summed E-state index contributed by atoms with van der Waals surface area (Å²) in [6, 6.07) is 7.08. The van der Waals surface area contributed by atoms with Gasteiger partial charge in [0.15, 0.2) is 5.82 Å². The molecule has 0 radical (unpaired) electrons. The Kier molecular flexibility index (Phi) is 5.78. The number of halogens is 1. The van der Waals surface area contributed by atoms with Crippen LogP contribution in [0.1, 0.15) is 32.4 Å². The molecule has 0 saturated heterocycles. The lowest BCUT2D eigenvalue weighted by Crippen LogP contribution is -2.09. The maximum Gasteiger partial charge on any atom is 0.161 e. The van der Waals surface area contributed by atoms with Crippen LogP contribution in [0.25, 0.3) is 11.4 Å². The van der Waals surface area contributed by atoms with Crippen LogP contribution in [0.15, 0.2) is 24.3 Å². The van der Waals surface area contributed by atoms with Crippen molar-refractivity contribution in [3.05, 3.63) is 33.5 Å². The molecule has 0 amide bonds. The van der Waals surface area contributed by atoms with Gasteiger partial charge in [-0.15, -0.1) is 0 Å². The molecule has 1 aromatic carbocycles. The van der Waals surface area contributed by atoms with E-state index in [0.29, 0.717) is 5.82 Å². The molecule has 21 heavy (non-hydrogen) atoms. The van der Waals surface area contributed by atoms with Crippen LogP contribution < -0.4 is 5.32 Å². The zero-order chi connectivity index (χ0) is 15.2. The van der Waals surface area contributed by atoms with Crippen molar-refractivity contribution in [3.63, 3.8) is 0 Å². The van der Waals surface area contributed by atoms with Gasteiger partial charge in [-0.25, -0.2) is 9.97 Å². The maximum absolute atomic E-state index is 9.64. The molecule has 0 bridgehead atoms. The van der Waals surface area contributed by atoms with Crippen LogP contribution in [0, 0.1) is 3.57 Å². The number of aromatic nitrogens is 2. The van der Waals surface area contributed by atoms with Crippen molar-refractivity contribution >= 4 is 28.4 Å². The van der Waals surface area contributed by atoms with Crippen LogP contribution in [0.2, 0.25) is 0 Å². The van der Waals surface area contributed by atoms with Gasteiger partial charge < -0.3 is 10.4 Å². The molecular weight excluding hydrogens is 377 g/mol. The molecule has 0 unspecified atom stereocenters. The number of benzene rings is 1. The van der Waals surface area contributed by atoms with Crippen LogP contribution in [0.5, 0.6) is 5.75 Å². The fourth-order valence-electron chi connectivity index (χ4n) is 2.03. The quantitative estimate of drug-likeness (QED) is 0.717. The standard InChI is InChI=1S/C16H20IN3O/c1-3-6-13-14(17)16(18-9-4-2)20-15(19-13)11-7-5-8-12(21)10-11/h5,7-8,10,21H,3-4,6,9H2,1-2H3,(H,18,19,20). The normalized spacial score (nSPS) is 10.6. The topological polar surface area (TPSA) is 58.0 Å². The van der Waals surface area contributed by atoms with Gasteiger partial charge in [0.25, 0.3) is 0 Å². The summed E-state index contributed by atoms with van der Waals surface area (Å²) in [6.45, 7) is 5.16. The molecule has 1 aromatic heterocycles. The molecule has 0 atom stereocenters. The van der Waals surface area contributed by atoms with Crippen molar-refractivity contribution in [2.75, 3.05) is 11.9 Å². The molecule has 5 heteroatoms. The third kappa shape index (κ3) is 4.06. The summed E-state index contributed by atoms with van der Waals surface area (Å²) in [5.74, 6) is 1.78. The summed E-state index contributed by atoms with van der Waals surface area (Å²) >= 11 is 2.31. The third-order valence-electron chi connectivity index (χ3n) is 3.05. The minimum absolute atomic E-state index is 0.231. The molecule has 0 aliphatic carbocycles. The number of rotatable bonds is 6. The summed E-state index contributed by atoms with van der Waals surface area (Å²) in [5.41, 5.74) is 1.90. The molecule has 2 N–H and O–H groups in total. The Balaban J connectivity index is 2.47. The first-order valence-electron chi connectivity index (χ1n) is 7.25. The van der Waals surface area contributed by atoms with E-state index in [2.05, 4.69) is 51.7 Å². The third-order valence-corrected chi connectivity index (χ3v) is 4.19. The fraction of sp³-hybridized carbons (Fsp3) is 0.375. The fourth-order valence-corrected chi connectivity index (χ4v) is 2.73. The molecule has 4 nitrogen and oxygen atoms in total. The van der Waals surface area contributed by atoms with E-state index in [9.17, 15) is 5.11 Å². The number of aromatic hydroxyl groups is 1. The van der Waals surface area contributed by atoms with Crippen LogP contribution in [0.3, 0.4) is 0 Å². The van der Waals surface area contributed by atoms with Crippen molar-refractivity contribution in [1.29, 1.82) is 0 Å². The van der Waals surface area contributed by atoms with Crippen molar-refractivity contribution in [2.24, 2.45) is 0 Å². The predicted octanol–water partition coefficient (Wildman–Crippen LogP) is 4.23. The summed E-state index contributed by atoms with van der Waals surface area (Å²) in [4.78, 5) is 9.30. The first-order valence-corrected chi connectivity index (χ1v) is 8.33. The van der Waals surface area contributed by atoms with Gasteiger partial charge in [0.05, 0.1) is 9.26 Å². The average Bonchev–Trinajstić information content (AvgIpc) is 2.48. The molecule has 112 valence electrons. The van der Waals surface area contributed by atoms with Gasteiger partial charge in [-0.05, 0) is 47.6 Å². The number of anilines is 1. The SMILES string of the molecule is CCCNc1nc(-c2cccc(O)c2)nc(CCC)c1I. The first-order chi connectivity index (χ1) is 10.2. The van der Waals surface area contributed by atoms with Gasteiger partial charge >= 0.3 is 0 Å². The number of nitrogens with one attached hydrogen (secondary N) is 1. The summed E-state index contributed by atoms with van der Waals surface area (Å²) < 4.78 is 1.09. The monoisotopic (exact) mass is 397 g/mol. The van der Waals surface area contributed by atoms with Crippen molar-refractivity contribution < 1.29 is 5.11 Å². The van der Waals surface area contributed by atoms with Gasteiger partial charge in [-0.3, -0.25) is 0 Å². The second-order valence-corrected chi connectivity index (χ2v) is 5.96. The number of nitrogens with zero attached hydrogens (tertiary/aromatic N) is 2. The Hall–Kier alpha value is -1.37. The highest BCUT2D eigenvalue weighted by atomic mass is 127. The highest BCUT2D eigenvalue weighted by Gasteiger charge is 2.13. The van der Waals surface area contributed by atoms with E-state index < -0.39 is 0 Å². The zero-order valence-corrected chi connectivity index (χ0v) is 14.5. The minimum atomic E-state index is 0.231.